The van der Waals surface area contributed by atoms with Gasteiger partial charge in [0, 0.05) is 11.6 Å². The van der Waals surface area contributed by atoms with Gasteiger partial charge in [0.2, 0.25) is 0 Å². The average molecular weight is 144 g/mol. The Hall–Kier alpha value is -0.0800. The molecule has 0 amide bonds. The van der Waals surface area contributed by atoms with Crippen LogP contribution in [0.4, 0.5) is 0 Å². The molecule has 1 atom stereocenters. The first-order chi connectivity index (χ1) is 4.52. The summed E-state index contributed by atoms with van der Waals surface area (Å²) >= 11 is 0. The van der Waals surface area contributed by atoms with E-state index in [1.807, 2.05) is 7.05 Å². The third-order valence-corrected chi connectivity index (χ3v) is 1.82. The summed E-state index contributed by atoms with van der Waals surface area (Å²) in [4.78, 5) is 0. The second-order valence-corrected chi connectivity index (χ2v) is 3.45. The van der Waals surface area contributed by atoms with Crippen molar-refractivity contribution in [1.82, 2.24) is 5.32 Å². The van der Waals surface area contributed by atoms with E-state index in [4.69, 9.17) is 5.73 Å². The topological polar surface area (TPSA) is 38.0 Å². The highest BCUT2D eigenvalue weighted by Crippen LogP contribution is 2.09. The second kappa shape index (κ2) is 3.94. The summed E-state index contributed by atoms with van der Waals surface area (Å²) in [6, 6.07) is 0.442. The molecule has 0 fully saturated rings. The van der Waals surface area contributed by atoms with Crippen LogP contribution in [0.15, 0.2) is 0 Å². The van der Waals surface area contributed by atoms with Gasteiger partial charge in [-0.05, 0) is 27.3 Å². The predicted octanol–water partition coefficient (Wildman–Crippen LogP) is 1.11. The number of hydrogen-bond donors (Lipinski definition) is 2. The van der Waals surface area contributed by atoms with Crippen molar-refractivity contribution < 1.29 is 0 Å². The van der Waals surface area contributed by atoms with E-state index in [1.54, 1.807) is 0 Å². The monoisotopic (exact) mass is 144 g/mol. The Bertz CT molecular complexity index is 83.7. The molecule has 10 heavy (non-hydrogen) atoms. The molecule has 2 nitrogen and oxygen atoms in total. The molecule has 0 aromatic heterocycles. The van der Waals surface area contributed by atoms with Crippen LogP contribution < -0.4 is 11.1 Å². The molecule has 0 saturated carbocycles. The molecular weight excluding hydrogens is 124 g/mol. The minimum Gasteiger partial charge on any atom is -0.324 e. The van der Waals surface area contributed by atoms with Crippen molar-refractivity contribution >= 4 is 0 Å². The first-order valence-corrected chi connectivity index (χ1v) is 3.98. The van der Waals surface area contributed by atoms with E-state index in [0.29, 0.717) is 6.04 Å². The first kappa shape index (κ1) is 9.92. The van der Waals surface area contributed by atoms with Crippen molar-refractivity contribution in [1.29, 1.82) is 0 Å². The predicted molar refractivity (Wildman–Crippen MR) is 46.0 cm³/mol. The molecule has 0 aliphatic heterocycles. The number of hydrogen-bond acceptors (Lipinski definition) is 2. The lowest BCUT2D eigenvalue weighted by Gasteiger charge is -2.29. The van der Waals surface area contributed by atoms with E-state index in [-0.39, 0.29) is 5.54 Å². The minimum atomic E-state index is -0.0925. The molecule has 0 radical (unpaired) electrons. The maximum absolute atomic E-state index is 5.91. The summed E-state index contributed by atoms with van der Waals surface area (Å²) in [7, 11) is 1.97. The summed E-state index contributed by atoms with van der Waals surface area (Å²) < 4.78 is 0. The van der Waals surface area contributed by atoms with Crippen molar-refractivity contribution in [2.75, 3.05) is 7.05 Å². The molecule has 0 aromatic carbocycles. The third-order valence-electron chi connectivity index (χ3n) is 1.82. The van der Waals surface area contributed by atoms with E-state index in [1.165, 1.54) is 6.42 Å². The smallest absolute Gasteiger partial charge is 0.0252 e. The first-order valence-electron chi connectivity index (χ1n) is 3.98. The Morgan fingerprint density at radius 3 is 2.10 bits per heavy atom. The van der Waals surface area contributed by atoms with E-state index in [2.05, 4.69) is 26.1 Å². The van der Waals surface area contributed by atoms with Gasteiger partial charge >= 0.3 is 0 Å². The number of rotatable bonds is 4. The maximum atomic E-state index is 5.91. The van der Waals surface area contributed by atoms with Gasteiger partial charge in [-0.25, -0.2) is 0 Å². The largest absolute Gasteiger partial charge is 0.324 e. The van der Waals surface area contributed by atoms with E-state index in [0.717, 1.165) is 6.42 Å². The quantitative estimate of drug-likeness (QED) is 0.620. The Labute approximate surface area is 64.2 Å². The molecular formula is C8H20N2. The Kier molecular flexibility index (Phi) is 3.91. The molecule has 2 heteroatoms. The number of nitrogens with two attached hydrogens (primary N) is 1. The fraction of sp³-hybridized carbons (Fsp3) is 1.00. The van der Waals surface area contributed by atoms with E-state index >= 15 is 0 Å². The maximum Gasteiger partial charge on any atom is 0.0252 e. The second-order valence-electron chi connectivity index (χ2n) is 3.45. The highest BCUT2D eigenvalue weighted by atomic mass is 14.9. The fourth-order valence-corrected chi connectivity index (χ4v) is 1.18. The standard InChI is InChI=1S/C8H20N2/c1-5-6-7(10-4)8(2,3)9/h7,10H,5-6,9H2,1-4H3. The fourth-order valence-electron chi connectivity index (χ4n) is 1.18. The lowest BCUT2D eigenvalue weighted by molar-refractivity contribution is 0.340. The summed E-state index contributed by atoms with van der Waals surface area (Å²) in [5.41, 5.74) is 5.82. The lowest BCUT2D eigenvalue weighted by atomic mass is 9.92. The van der Waals surface area contributed by atoms with Crippen molar-refractivity contribution in [3.05, 3.63) is 0 Å². The molecule has 0 saturated heterocycles. The molecule has 62 valence electrons. The van der Waals surface area contributed by atoms with Crippen LogP contribution in [0.3, 0.4) is 0 Å². The SMILES string of the molecule is CCCC(NC)C(C)(C)N. The highest BCUT2D eigenvalue weighted by Gasteiger charge is 2.21. The van der Waals surface area contributed by atoms with Crippen molar-refractivity contribution in [3.8, 4) is 0 Å². The van der Waals surface area contributed by atoms with Crippen molar-refractivity contribution in [3.63, 3.8) is 0 Å². The summed E-state index contributed by atoms with van der Waals surface area (Å²) in [5.74, 6) is 0. The summed E-state index contributed by atoms with van der Waals surface area (Å²) in [5, 5.41) is 3.22. The van der Waals surface area contributed by atoms with Crippen LogP contribution in [0, 0.1) is 0 Å². The number of nitrogens with one attached hydrogen (secondary N) is 1. The van der Waals surface area contributed by atoms with Crippen LogP contribution in [-0.2, 0) is 0 Å². The highest BCUT2D eigenvalue weighted by molar-refractivity contribution is 4.86. The van der Waals surface area contributed by atoms with Gasteiger partial charge in [-0.3, -0.25) is 0 Å². The van der Waals surface area contributed by atoms with Crippen molar-refractivity contribution in [2.45, 2.75) is 45.2 Å². The molecule has 0 rings (SSSR count). The lowest BCUT2D eigenvalue weighted by Crippen LogP contribution is -2.51. The number of likely N-dealkylation sites (N-methyl/N-ethyl adjacent to an activating group) is 1. The zero-order chi connectivity index (χ0) is 8.20. The molecule has 0 heterocycles. The molecule has 0 aliphatic carbocycles. The van der Waals surface area contributed by atoms with E-state index in [9.17, 15) is 0 Å². The summed E-state index contributed by atoms with van der Waals surface area (Å²) in [6.07, 6.45) is 2.34. The minimum absolute atomic E-state index is 0.0925. The average Bonchev–Trinajstić information content (AvgIpc) is 1.80. The van der Waals surface area contributed by atoms with Gasteiger partial charge in [0.25, 0.3) is 0 Å². The Balaban J connectivity index is 3.81. The van der Waals surface area contributed by atoms with Gasteiger partial charge in [-0.1, -0.05) is 13.3 Å². The Morgan fingerprint density at radius 2 is 2.00 bits per heavy atom. The zero-order valence-electron chi connectivity index (χ0n) is 7.57. The van der Waals surface area contributed by atoms with Gasteiger partial charge in [0.15, 0.2) is 0 Å². The van der Waals surface area contributed by atoms with Gasteiger partial charge in [0.05, 0.1) is 0 Å². The molecule has 0 aromatic rings. The van der Waals surface area contributed by atoms with Crippen LogP contribution in [0.5, 0.6) is 0 Å². The molecule has 3 N–H and O–H groups in total. The van der Waals surface area contributed by atoms with Crippen LogP contribution in [0.2, 0.25) is 0 Å². The van der Waals surface area contributed by atoms with Crippen LogP contribution in [-0.4, -0.2) is 18.6 Å². The van der Waals surface area contributed by atoms with Crippen LogP contribution in [0.25, 0.3) is 0 Å². The van der Waals surface area contributed by atoms with Crippen LogP contribution >= 0.6 is 0 Å². The van der Waals surface area contributed by atoms with Gasteiger partial charge < -0.3 is 11.1 Å². The van der Waals surface area contributed by atoms with Crippen LogP contribution in [0.1, 0.15) is 33.6 Å². The molecule has 0 aliphatic rings. The zero-order valence-corrected chi connectivity index (χ0v) is 7.57. The molecule has 1 unspecified atom stereocenters. The summed E-state index contributed by atoms with van der Waals surface area (Å²) in [6.45, 7) is 6.30. The Morgan fingerprint density at radius 1 is 1.50 bits per heavy atom. The third kappa shape index (κ3) is 3.18. The van der Waals surface area contributed by atoms with Gasteiger partial charge in [-0.15, -0.1) is 0 Å². The molecule has 0 bridgehead atoms. The molecule has 0 spiro atoms. The van der Waals surface area contributed by atoms with Crippen molar-refractivity contribution in [2.24, 2.45) is 5.73 Å². The van der Waals surface area contributed by atoms with Gasteiger partial charge in [-0.2, -0.15) is 0 Å². The normalized spacial score (nSPS) is 15.3. The van der Waals surface area contributed by atoms with Gasteiger partial charge in [0.1, 0.15) is 0 Å². The van der Waals surface area contributed by atoms with E-state index < -0.39 is 0 Å².